The lowest BCUT2D eigenvalue weighted by Gasteiger charge is -2.10. The van der Waals surface area contributed by atoms with Gasteiger partial charge in [0.15, 0.2) is 0 Å². The van der Waals surface area contributed by atoms with E-state index in [4.69, 9.17) is 5.73 Å². The van der Waals surface area contributed by atoms with Gasteiger partial charge < -0.3 is 5.73 Å². The number of nitrogens with one attached hydrogen (secondary N) is 1. The molecule has 1 unspecified atom stereocenters. The average molecular weight is 392 g/mol. The van der Waals surface area contributed by atoms with Crippen molar-refractivity contribution < 1.29 is 8.42 Å². The molecule has 0 aliphatic heterocycles. The van der Waals surface area contributed by atoms with Crippen molar-refractivity contribution >= 4 is 53.2 Å². The molecule has 1 aromatic heterocycles. The summed E-state index contributed by atoms with van der Waals surface area (Å²) >= 11 is 7.77. The molecular weight excluding hydrogens is 380 g/mol. The van der Waals surface area contributed by atoms with E-state index in [-0.39, 0.29) is 17.5 Å². The predicted octanol–water partition coefficient (Wildman–Crippen LogP) is 2.29. The summed E-state index contributed by atoms with van der Waals surface area (Å²) in [5.41, 5.74) is 5.66. The molecule has 0 amide bonds. The summed E-state index contributed by atoms with van der Waals surface area (Å²) in [5.74, 6) is 0. The lowest BCUT2D eigenvalue weighted by atomic mass is 10.2. The number of thiophene rings is 1. The highest BCUT2D eigenvalue weighted by Gasteiger charge is 2.20. The standard InChI is InChI=1S/C8H12Br2N2O2S2/c1-2-5(11)4-12-16(13,14)6-3-7(9)15-8(6)10/h3,5,12H,2,4,11H2,1H3. The smallest absolute Gasteiger partial charge is 0.242 e. The van der Waals surface area contributed by atoms with E-state index in [1.807, 2.05) is 6.92 Å². The van der Waals surface area contributed by atoms with Gasteiger partial charge in [0, 0.05) is 12.6 Å². The fraction of sp³-hybridized carbons (Fsp3) is 0.500. The summed E-state index contributed by atoms with van der Waals surface area (Å²) in [4.78, 5) is 0.243. The Morgan fingerprint density at radius 2 is 2.19 bits per heavy atom. The van der Waals surface area contributed by atoms with Gasteiger partial charge in [-0.2, -0.15) is 0 Å². The van der Waals surface area contributed by atoms with Crippen LogP contribution in [0.1, 0.15) is 13.3 Å². The van der Waals surface area contributed by atoms with Crippen molar-refractivity contribution in [2.75, 3.05) is 6.54 Å². The van der Waals surface area contributed by atoms with Gasteiger partial charge in [0.2, 0.25) is 10.0 Å². The molecule has 1 atom stereocenters. The Morgan fingerprint density at radius 1 is 1.56 bits per heavy atom. The Kier molecular flexibility index (Phi) is 5.40. The van der Waals surface area contributed by atoms with Gasteiger partial charge in [0.25, 0.3) is 0 Å². The molecule has 0 saturated carbocycles. The fourth-order valence-electron chi connectivity index (χ4n) is 0.947. The highest BCUT2D eigenvalue weighted by Crippen LogP contribution is 2.34. The number of halogens is 2. The molecule has 3 N–H and O–H groups in total. The molecule has 0 saturated heterocycles. The zero-order valence-corrected chi connectivity index (χ0v) is 13.3. The van der Waals surface area contributed by atoms with Crippen LogP contribution < -0.4 is 10.5 Å². The highest BCUT2D eigenvalue weighted by atomic mass is 79.9. The van der Waals surface area contributed by atoms with E-state index in [2.05, 4.69) is 36.6 Å². The van der Waals surface area contributed by atoms with Gasteiger partial charge in [-0.25, -0.2) is 13.1 Å². The van der Waals surface area contributed by atoms with Crippen molar-refractivity contribution in [3.05, 3.63) is 13.6 Å². The first kappa shape index (κ1) is 14.6. The van der Waals surface area contributed by atoms with Crippen LogP contribution in [0.3, 0.4) is 0 Å². The molecule has 0 aliphatic rings. The number of hydrogen-bond donors (Lipinski definition) is 2. The van der Waals surface area contributed by atoms with E-state index >= 15 is 0 Å². The van der Waals surface area contributed by atoms with Crippen LogP contribution in [0.5, 0.6) is 0 Å². The van der Waals surface area contributed by atoms with Gasteiger partial charge in [-0.15, -0.1) is 11.3 Å². The van der Waals surface area contributed by atoms with E-state index in [1.54, 1.807) is 6.07 Å². The minimum atomic E-state index is -3.47. The SMILES string of the molecule is CCC(N)CNS(=O)(=O)c1cc(Br)sc1Br. The molecule has 0 aromatic carbocycles. The Labute approximate surface area is 116 Å². The summed E-state index contributed by atoms with van der Waals surface area (Å²) in [6.45, 7) is 2.16. The Morgan fingerprint density at radius 3 is 2.62 bits per heavy atom. The lowest BCUT2D eigenvalue weighted by Crippen LogP contribution is -2.36. The molecule has 1 heterocycles. The third-order valence-corrected chi connectivity index (χ3v) is 6.15. The Bertz CT molecular complexity index is 459. The van der Waals surface area contributed by atoms with Crippen LogP contribution in [0, 0.1) is 0 Å². The monoisotopic (exact) mass is 390 g/mol. The zero-order chi connectivity index (χ0) is 12.3. The Balaban J connectivity index is 2.82. The highest BCUT2D eigenvalue weighted by molar-refractivity contribution is 9.12. The van der Waals surface area contributed by atoms with Crippen LogP contribution in [0.4, 0.5) is 0 Å². The molecule has 0 aliphatic carbocycles. The van der Waals surface area contributed by atoms with Crippen LogP contribution in [-0.4, -0.2) is 21.0 Å². The van der Waals surface area contributed by atoms with Crippen LogP contribution in [0.15, 0.2) is 18.5 Å². The summed E-state index contributed by atoms with van der Waals surface area (Å²) in [5, 5.41) is 0. The minimum absolute atomic E-state index is 0.157. The van der Waals surface area contributed by atoms with Crippen molar-refractivity contribution in [2.24, 2.45) is 5.73 Å². The molecule has 92 valence electrons. The number of rotatable bonds is 5. The molecule has 1 rings (SSSR count). The van der Waals surface area contributed by atoms with Crippen molar-refractivity contribution in [2.45, 2.75) is 24.3 Å². The normalized spacial score (nSPS) is 14.0. The number of hydrogen-bond acceptors (Lipinski definition) is 4. The van der Waals surface area contributed by atoms with E-state index in [9.17, 15) is 8.42 Å². The van der Waals surface area contributed by atoms with Crippen molar-refractivity contribution in [3.8, 4) is 0 Å². The quantitative estimate of drug-likeness (QED) is 0.808. The van der Waals surface area contributed by atoms with Crippen LogP contribution in [-0.2, 0) is 10.0 Å². The van der Waals surface area contributed by atoms with E-state index < -0.39 is 10.0 Å². The maximum Gasteiger partial charge on any atom is 0.242 e. The first-order valence-corrected chi connectivity index (χ1v) is 8.45. The molecule has 1 aromatic rings. The van der Waals surface area contributed by atoms with Gasteiger partial charge in [0.05, 0.1) is 7.57 Å². The summed E-state index contributed by atoms with van der Waals surface area (Å²) < 4.78 is 27.6. The van der Waals surface area contributed by atoms with Gasteiger partial charge in [-0.3, -0.25) is 0 Å². The third-order valence-electron chi connectivity index (χ3n) is 1.97. The molecule has 8 heteroatoms. The summed E-state index contributed by atoms with van der Waals surface area (Å²) in [6, 6.07) is 1.41. The van der Waals surface area contributed by atoms with Crippen molar-refractivity contribution in [1.29, 1.82) is 0 Å². The second kappa shape index (κ2) is 5.92. The van der Waals surface area contributed by atoms with E-state index in [1.165, 1.54) is 11.3 Å². The molecule has 0 radical (unpaired) electrons. The van der Waals surface area contributed by atoms with Crippen LogP contribution >= 0.6 is 43.2 Å². The second-order valence-corrected chi connectivity index (χ2v) is 8.69. The van der Waals surface area contributed by atoms with Crippen LogP contribution in [0.2, 0.25) is 0 Å². The third kappa shape index (κ3) is 3.78. The second-order valence-electron chi connectivity index (χ2n) is 3.21. The number of sulfonamides is 1. The van der Waals surface area contributed by atoms with E-state index in [0.29, 0.717) is 3.79 Å². The van der Waals surface area contributed by atoms with E-state index in [0.717, 1.165) is 10.2 Å². The zero-order valence-electron chi connectivity index (χ0n) is 8.54. The fourth-order valence-corrected chi connectivity index (χ4v) is 5.85. The van der Waals surface area contributed by atoms with Crippen LogP contribution in [0.25, 0.3) is 0 Å². The minimum Gasteiger partial charge on any atom is -0.327 e. The summed E-state index contributed by atoms with van der Waals surface area (Å²) in [7, 11) is -3.47. The first-order chi connectivity index (χ1) is 7.36. The molecule has 0 spiro atoms. The van der Waals surface area contributed by atoms with Crippen molar-refractivity contribution in [3.63, 3.8) is 0 Å². The molecule has 0 fully saturated rings. The van der Waals surface area contributed by atoms with Gasteiger partial charge in [-0.1, -0.05) is 6.92 Å². The van der Waals surface area contributed by atoms with Crippen molar-refractivity contribution in [1.82, 2.24) is 4.72 Å². The van der Waals surface area contributed by atoms with Gasteiger partial charge in [-0.05, 0) is 44.3 Å². The maximum atomic E-state index is 11.9. The summed E-state index contributed by atoms with van der Waals surface area (Å²) in [6.07, 6.45) is 0.733. The van der Waals surface area contributed by atoms with Gasteiger partial charge in [0.1, 0.15) is 4.90 Å². The van der Waals surface area contributed by atoms with Gasteiger partial charge >= 0.3 is 0 Å². The topological polar surface area (TPSA) is 72.2 Å². The maximum absolute atomic E-state index is 11.9. The molecular formula is C8H12Br2N2O2S2. The molecule has 0 bridgehead atoms. The predicted molar refractivity (Wildman–Crippen MR) is 73.2 cm³/mol. The molecule has 16 heavy (non-hydrogen) atoms. The number of nitrogens with two attached hydrogens (primary N) is 1. The lowest BCUT2D eigenvalue weighted by molar-refractivity contribution is 0.564. The average Bonchev–Trinajstić information content (AvgIpc) is 2.55. The molecule has 4 nitrogen and oxygen atoms in total. The largest absolute Gasteiger partial charge is 0.327 e. The first-order valence-electron chi connectivity index (χ1n) is 4.57. The Hall–Kier alpha value is 0.530.